The molecule has 0 N–H and O–H groups in total. The maximum atomic E-state index is 5.86. The molecule has 4 rings (SSSR count). The lowest BCUT2D eigenvalue weighted by atomic mass is 9.87. The van der Waals surface area contributed by atoms with Gasteiger partial charge in [-0.1, -0.05) is 75.0 Å². The highest BCUT2D eigenvalue weighted by atomic mass is 32.2. The Morgan fingerprint density at radius 3 is 2.55 bits per heavy atom. The maximum absolute atomic E-state index is 5.86. The summed E-state index contributed by atoms with van der Waals surface area (Å²) in [5.41, 5.74) is 3.53. The van der Waals surface area contributed by atoms with Crippen molar-refractivity contribution in [1.82, 2.24) is 15.2 Å². The van der Waals surface area contributed by atoms with E-state index in [1.807, 2.05) is 30.3 Å². The van der Waals surface area contributed by atoms with Crippen LogP contribution < -0.4 is 4.74 Å². The molecule has 2 heterocycles. The van der Waals surface area contributed by atoms with E-state index in [4.69, 9.17) is 9.15 Å². The summed E-state index contributed by atoms with van der Waals surface area (Å²) >= 11 is 1.52. The van der Waals surface area contributed by atoms with Gasteiger partial charge < -0.3 is 9.15 Å². The molecule has 0 saturated carbocycles. The standard InChI is InChI=1S/C23H23N3O2S/c1-23(2,3)18-11-9-16(10-12-18)15-29-22-26-25-20(28-22)14-27-19-8-4-6-17-7-5-13-24-21(17)19/h4-13H,14-15H2,1-3H3. The Morgan fingerprint density at radius 2 is 1.76 bits per heavy atom. The van der Waals surface area contributed by atoms with Crippen LogP contribution in [0.15, 0.2) is 70.4 Å². The van der Waals surface area contributed by atoms with Crippen LogP contribution in [-0.4, -0.2) is 15.2 Å². The third-order valence-electron chi connectivity index (χ3n) is 4.58. The van der Waals surface area contributed by atoms with Gasteiger partial charge in [-0.05, 0) is 28.7 Å². The van der Waals surface area contributed by atoms with E-state index in [9.17, 15) is 0 Å². The molecule has 0 saturated heterocycles. The number of thioether (sulfide) groups is 1. The first-order chi connectivity index (χ1) is 14.0. The molecule has 0 spiro atoms. The molecule has 4 aromatic rings. The number of hydrogen-bond donors (Lipinski definition) is 0. The smallest absolute Gasteiger partial charge is 0.277 e. The van der Waals surface area contributed by atoms with Crippen molar-refractivity contribution in [2.45, 2.75) is 43.8 Å². The van der Waals surface area contributed by atoms with E-state index in [1.54, 1.807) is 6.20 Å². The van der Waals surface area contributed by atoms with Crippen LogP contribution in [0.2, 0.25) is 0 Å². The van der Waals surface area contributed by atoms with Crippen molar-refractivity contribution in [3.63, 3.8) is 0 Å². The Bertz CT molecular complexity index is 1100. The minimum atomic E-state index is 0.159. The molecule has 0 unspecified atom stereocenters. The summed E-state index contributed by atoms with van der Waals surface area (Å²) in [5, 5.41) is 9.77. The second-order valence-electron chi connectivity index (χ2n) is 7.82. The number of fused-ring (bicyclic) bond motifs is 1. The molecule has 0 aliphatic rings. The molecule has 148 valence electrons. The van der Waals surface area contributed by atoms with Crippen LogP contribution in [0, 0.1) is 0 Å². The van der Waals surface area contributed by atoms with Gasteiger partial charge in [0.25, 0.3) is 11.1 Å². The van der Waals surface area contributed by atoms with Gasteiger partial charge in [-0.2, -0.15) is 0 Å². The summed E-state index contributed by atoms with van der Waals surface area (Å²) in [6, 6.07) is 18.4. The number of benzene rings is 2. The molecule has 0 bridgehead atoms. The van der Waals surface area contributed by atoms with Crippen LogP contribution in [0.25, 0.3) is 10.9 Å². The number of rotatable bonds is 6. The van der Waals surface area contributed by atoms with E-state index in [2.05, 4.69) is 60.2 Å². The molecule has 2 aromatic heterocycles. The minimum Gasteiger partial charge on any atom is -0.482 e. The summed E-state index contributed by atoms with van der Waals surface area (Å²) in [7, 11) is 0. The zero-order valence-electron chi connectivity index (χ0n) is 16.8. The van der Waals surface area contributed by atoms with Gasteiger partial charge in [-0.15, -0.1) is 10.2 Å². The first kappa shape index (κ1) is 19.5. The predicted octanol–water partition coefficient (Wildman–Crippen LogP) is 5.79. The Morgan fingerprint density at radius 1 is 0.966 bits per heavy atom. The number of ether oxygens (including phenoxy) is 1. The summed E-state index contributed by atoms with van der Waals surface area (Å²) in [6.45, 7) is 6.86. The van der Waals surface area contributed by atoms with Crippen molar-refractivity contribution in [3.05, 3.63) is 77.8 Å². The van der Waals surface area contributed by atoms with Gasteiger partial charge in [-0.3, -0.25) is 4.98 Å². The van der Waals surface area contributed by atoms with Crippen molar-refractivity contribution >= 4 is 22.7 Å². The number of para-hydroxylation sites is 1. The predicted molar refractivity (Wildman–Crippen MR) is 115 cm³/mol. The van der Waals surface area contributed by atoms with Crippen molar-refractivity contribution in [2.24, 2.45) is 0 Å². The molecule has 0 fully saturated rings. The molecule has 5 nitrogen and oxygen atoms in total. The topological polar surface area (TPSA) is 61.0 Å². The lowest BCUT2D eigenvalue weighted by molar-refractivity contribution is 0.254. The van der Waals surface area contributed by atoms with Crippen LogP contribution in [0.1, 0.15) is 37.8 Å². The monoisotopic (exact) mass is 405 g/mol. The van der Waals surface area contributed by atoms with E-state index in [0.717, 1.165) is 16.7 Å². The van der Waals surface area contributed by atoms with E-state index in [1.165, 1.54) is 22.9 Å². The SMILES string of the molecule is CC(C)(C)c1ccc(CSc2nnc(COc3cccc4cccnc34)o2)cc1. The van der Waals surface area contributed by atoms with Crippen molar-refractivity contribution in [1.29, 1.82) is 0 Å². The summed E-state index contributed by atoms with van der Waals surface area (Å²) < 4.78 is 11.6. The average molecular weight is 406 g/mol. The van der Waals surface area contributed by atoms with Crippen molar-refractivity contribution in [2.75, 3.05) is 0 Å². The molecule has 0 aliphatic carbocycles. The minimum absolute atomic E-state index is 0.159. The fourth-order valence-electron chi connectivity index (χ4n) is 2.93. The van der Waals surface area contributed by atoms with Gasteiger partial charge in [0.05, 0.1) is 0 Å². The van der Waals surface area contributed by atoms with Gasteiger partial charge in [0.15, 0.2) is 6.61 Å². The van der Waals surface area contributed by atoms with E-state index in [0.29, 0.717) is 16.9 Å². The van der Waals surface area contributed by atoms with Gasteiger partial charge in [0.2, 0.25) is 0 Å². The van der Waals surface area contributed by atoms with E-state index >= 15 is 0 Å². The van der Waals surface area contributed by atoms with E-state index < -0.39 is 0 Å². The van der Waals surface area contributed by atoms with Crippen LogP contribution in [0.4, 0.5) is 0 Å². The summed E-state index contributed by atoms with van der Waals surface area (Å²) in [6.07, 6.45) is 1.75. The van der Waals surface area contributed by atoms with Crippen molar-refractivity contribution < 1.29 is 9.15 Å². The third kappa shape index (κ3) is 4.77. The Kier molecular flexibility index (Phi) is 5.53. The summed E-state index contributed by atoms with van der Waals surface area (Å²) in [5.74, 6) is 1.93. The molecular formula is C23H23N3O2S. The number of nitrogens with zero attached hydrogens (tertiary/aromatic N) is 3. The average Bonchev–Trinajstić information content (AvgIpc) is 3.18. The fraction of sp³-hybridized carbons (Fsp3) is 0.261. The van der Waals surface area contributed by atoms with Crippen LogP contribution in [0.5, 0.6) is 5.75 Å². The molecule has 6 heteroatoms. The zero-order valence-corrected chi connectivity index (χ0v) is 17.6. The van der Waals surface area contributed by atoms with Gasteiger partial charge >= 0.3 is 0 Å². The first-order valence-electron chi connectivity index (χ1n) is 9.50. The Hall–Kier alpha value is -2.86. The Balaban J connectivity index is 1.35. The molecule has 0 atom stereocenters. The Labute approximate surface area is 174 Å². The number of hydrogen-bond acceptors (Lipinski definition) is 6. The zero-order chi connectivity index (χ0) is 20.3. The molecule has 0 amide bonds. The molecular weight excluding hydrogens is 382 g/mol. The molecule has 0 aliphatic heterocycles. The lowest BCUT2D eigenvalue weighted by Gasteiger charge is -2.19. The summed E-state index contributed by atoms with van der Waals surface area (Å²) in [4.78, 5) is 4.39. The molecule has 29 heavy (non-hydrogen) atoms. The van der Waals surface area contributed by atoms with Gasteiger partial charge in [0, 0.05) is 17.3 Å². The van der Waals surface area contributed by atoms with Crippen molar-refractivity contribution in [3.8, 4) is 5.75 Å². The normalized spacial score (nSPS) is 11.7. The van der Waals surface area contributed by atoms with Crippen LogP contribution in [0.3, 0.4) is 0 Å². The van der Waals surface area contributed by atoms with Crippen LogP contribution in [-0.2, 0) is 17.8 Å². The fourth-order valence-corrected chi connectivity index (χ4v) is 3.67. The highest BCUT2D eigenvalue weighted by Gasteiger charge is 2.13. The number of aromatic nitrogens is 3. The highest BCUT2D eigenvalue weighted by molar-refractivity contribution is 7.98. The largest absolute Gasteiger partial charge is 0.482 e. The second-order valence-corrected chi connectivity index (χ2v) is 8.74. The van der Waals surface area contributed by atoms with Crippen LogP contribution >= 0.6 is 11.8 Å². The third-order valence-corrected chi connectivity index (χ3v) is 5.47. The number of pyridine rings is 1. The van der Waals surface area contributed by atoms with Gasteiger partial charge in [-0.25, -0.2) is 0 Å². The quantitative estimate of drug-likeness (QED) is 0.379. The maximum Gasteiger partial charge on any atom is 0.277 e. The lowest BCUT2D eigenvalue weighted by Crippen LogP contribution is -2.10. The van der Waals surface area contributed by atoms with E-state index in [-0.39, 0.29) is 12.0 Å². The molecule has 0 radical (unpaired) electrons. The van der Waals surface area contributed by atoms with Gasteiger partial charge in [0.1, 0.15) is 11.3 Å². The molecule has 2 aromatic carbocycles. The first-order valence-corrected chi connectivity index (χ1v) is 10.5. The second kappa shape index (κ2) is 8.25. The highest BCUT2D eigenvalue weighted by Crippen LogP contribution is 2.27.